The van der Waals surface area contributed by atoms with E-state index in [-0.39, 0.29) is 16.5 Å². The minimum Gasteiger partial charge on any atom is -0.491 e. The van der Waals surface area contributed by atoms with Crippen molar-refractivity contribution in [3.05, 3.63) is 41.4 Å². The van der Waals surface area contributed by atoms with Crippen molar-refractivity contribution < 1.29 is 27.4 Å². The summed E-state index contributed by atoms with van der Waals surface area (Å²) < 4.78 is 43.2. The molecule has 3 aromatic rings. The minimum atomic E-state index is -3.77. The van der Waals surface area contributed by atoms with Gasteiger partial charge in [-0.05, 0) is 30.5 Å². The largest absolute Gasteiger partial charge is 0.491 e. The number of esters is 1. The molecule has 0 bridgehead atoms. The molecule has 0 aliphatic rings. The number of ether oxygens (including phenoxy) is 3. The molecule has 0 saturated heterocycles. The van der Waals surface area contributed by atoms with Crippen LogP contribution in [-0.2, 0) is 19.5 Å². The predicted molar refractivity (Wildman–Crippen MR) is 112 cm³/mol. The monoisotopic (exact) mass is 438 g/mol. The molecule has 3 rings (SSSR count). The Bertz CT molecular complexity index is 1090. The number of H-pyrrole nitrogens is 1. The number of aromatic nitrogens is 1. The summed E-state index contributed by atoms with van der Waals surface area (Å²) in [6.45, 7) is 2.64. The van der Waals surface area contributed by atoms with Crippen molar-refractivity contribution in [3.8, 4) is 5.75 Å². The number of aromatic amines is 1. The fraction of sp³-hybridized carbons (Fsp3) is 0.316. The number of anilines is 1. The number of hydrogen-bond acceptors (Lipinski definition) is 7. The lowest BCUT2D eigenvalue weighted by Gasteiger charge is -2.20. The van der Waals surface area contributed by atoms with Crippen molar-refractivity contribution in [1.82, 2.24) is 4.98 Å². The Morgan fingerprint density at radius 2 is 2.03 bits per heavy atom. The molecule has 2 heterocycles. The number of hydrogen-bond donors (Lipinski definition) is 1. The first-order valence-corrected chi connectivity index (χ1v) is 11.2. The van der Waals surface area contributed by atoms with E-state index >= 15 is 0 Å². The van der Waals surface area contributed by atoms with E-state index in [2.05, 4.69) is 4.98 Å². The van der Waals surface area contributed by atoms with E-state index in [9.17, 15) is 13.2 Å². The van der Waals surface area contributed by atoms with Gasteiger partial charge in [-0.1, -0.05) is 6.07 Å². The summed E-state index contributed by atoms with van der Waals surface area (Å²) in [6.07, 6.45) is 0. The Balaban J connectivity index is 2.10. The summed E-state index contributed by atoms with van der Waals surface area (Å²) in [5.41, 5.74) is 1.09. The zero-order valence-electron chi connectivity index (χ0n) is 16.3. The molecule has 0 aliphatic heterocycles. The van der Waals surface area contributed by atoms with Gasteiger partial charge in [0.1, 0.15) is 22.3 Å². The molecule has 0 atom stereocenters. The van der Waals surface area contributed by atoms with Crippen LogP contribution in [0.15, 0.2) is 39.9 Å². The van der Waals surface area contributed by atoms with Gasteiger partial charge in [-0.2, -0.15) is 0 Å². The normalized spacial score (nSPS) is 11.6. The molecule has 0 amide bonds. The summed E-state index contributed by atoms with van der Waals surface area (Å²) in [7, 11) is -0.735. The SMILES string of the molecule is CCOC(=O)c1cc2cc(OCCOC)cc(N(C)S(=O)(=O)c3cccs3)c2[nH]1. The molecule has 2 aromatic heterocycles. The third-order valence-corrected chi connectivity index (χ3v) is 7.33. The Morgan fingerprint density at radius 3 is 2.69 bits per heavy atom. The second-order valence-electron chi connectivity index (χ2n) is 6.06. The topological polar surface area (TPSA) is 97.9 Å². The molecule has 0 radical (unpaired) electrons. The number of fused-ring (bicyclic) bond motifs is 1. The highest BCUT2D eigenvalue weighted by molar-refractivity contribution is 7.94. The number of benzene rings is 1. The molecule has 156 valence electrons. The van der Waals surface area contributed by atoms with Crippen LogP contribution in [-0.4, -0.2) is 53.3 Å². The molecular weight excluding hydrogens is 416 g/mol. The van der Waals surface area contributed by atoms with Gasteiger partial charge < -0.3 is 19.2 Å². The van der Waals surface area contributed by atoms with Crippen molar-refractivity contribution in [1.29, 1.82) is 0 Å². The number of carbonyl (C=O) groups is 1. The average Bonchev–Trinajstić information content (AvgIpc) is 3.37. The molecule has 0 spiro atoms. The summed E-state index contributed by atoms with van der Waals surface area (Å²) in [6, 6.07) is 8.20. The van der Waals surface area contributed by atoms with Crippen LogP contribution in [0.4, 0.5) is 5.69 Å². The van der Waals surface area contributed by atoms with Gasteiger partial charge in [0, 0.05) is 25.6 Å². The van der Waals surface area contributed by atoms with Crippen LogP contribution >= 0.6 is 11.3 Å². The fourth-order valence-electron chi connectivity index (χ4n) is 2.77. The second kappa shape index (κ2) is 8.85. The third-order valence-electron chi connectivity index (χ3n) is 4.18. The van der Waals surface area contributed by atoms with Gasteiger partial charge in [-0.15, -0.1) is 11.3 Å². The standard InChI is InChI=1S/C19H22N2O6S2/c1-4-26-19(22)15-11-13-10-14(27-8-7-25-3)12-16(18(13)20-15)21(2)29(23,24)17-6-5-9-28-17/h5-6,9-12,20H,4,7-8H2,1-3H3. The molecule has 0 saturated carbocycles. The van der Waals surface area contributed by atoms with E-state index in [0.717, 1.165) is 11.3 Å². The molecule has 10 heteroatoms. The van der Waals surface area contributed by atoms with E-state index in [0.29, 0.717) is 35.6 Å². The number of sulfonamides is 1. The number of methoxy groups -OCH3 is 1. The fourth-order valence-corrected chi connectivity index (χ4v) is 5.13. The van der Waals surface area contributed by atoms with E-state index in [1.165, 1.54) is 11.4 Å². The number of nitrogens with one attached hydrogen (secondary N) is 1. The van der Waals surface area contributed by atoms with Crippen LogP contribution in [0.3, 0.4) is 0 Å². The first-order valence-electron chi connectivity index (χ1n) is 8.86. The van der Waals surface area contributed by atoms with Gasteiger partial charge in [0.05, 0.1) is 24.4 Å². The lowest BCUT2D eigenvalue weighted by Crippen LogP contribution is -2.26. The molecule has 8 nitrogen and oxygen atoms in total. The van der Waals surface area contributed by atoms with Gasteiger partial charge in [-0.3, -0.25) is 4.31 Å². The zero-order chi connectivity index (χ0) is 21.0. The maximum absolute atomic E-state index is 13.0. The molecule has 1 aromatic carbocycles. The van der Waals surface area contributed by atoms with Crippen LogP contribution in [0, 0.1) is 0 Å². The van der Waals surface area contributed by atoms with Gasteiger partial charge in [0.15, 0.2) is 0 Å². The molecular formula is C19H22N2O6S2. The average molecular weight is 439 g/mol. The predicted octanol–water partition coefficient (Wildman–Crippen LogP) is 3.26. The number of thiophene rings is 1. The van der Waals surface area contributed by atoms with Crippen molar-refractivity contribution in [2.45, 2.75) is 11.1 Å². The summed E-state index contributed by atoms with van der Waals surface area (Å²) in [5, 5.41) is 2.33. The van der Waals surface area contributed by atoms with Gasteiger partial charge >= 0.3 is 5.97 Å². The Hall–Kier alpha value is -2.56. The Morgan fingerprint density at radius 1 is 1.24 bits per heavy atom. The minimum absolute atomic E-state index is 0.219. The summed E-state index contributed by atoms with van der Waals surface area (Å²) >= 11 is 1.13. The smallest absolute Gasteiger partial charge is 0.354 e. The van der Waals surface area contributed by atoms with E-state index in [1.54, 1.807) is 49.7 Å². The lowest BCUT2D eigenvalue weighted by molar-refractivity contribution is 0.0520. The number of carbonyl (C=O) groups excluding carboxylic acids is 1. The van der Waals surface area contributed by atoms with Crippen LogP contribution in [0.25, 0.3) is 10.9 Å². The highest BCUT2D eigenvalue weighted by Gasteiger charge is 2.26. The molecule has 29 heavy (non-hydrogen) atoms. The van der Waals surface area contributed by atoms with Gasteiger partial charge in [-0.25, -0.2) is 13.2 Å². The Labute approximate surface area is 173 Å². The molecule has 0 unspecified atom stereocenters. The Kier molecular flexibility index (Phi) is 6.46. The van der Waals surface area contributed by atoms with Crippen LogP contribution in [0.2, 0.25) is 0 Å². The first-order chi connectivity index (χ1) is 13.9. The summed E-state index contributed by atoms with van der Waals surface area (Å²) in [4.78, 5) is 15.1. The number of rotatable bonds is 9. The highest BCUT2D eigenvalue weighted by Crippen LogP contribution is 2.35. The number of nitrogens with zero attached hydrogens (tertiary/aromatic N) is 1. The molecule has 0 fully saturated rings. The quantitative estimate of drug-likeness (QED) is 0.407. The molecule has 0 aliphatic carbocycles. The van der Waals surface area contributed by atoms with Crippen molar-refractivity contribution >= 4 is 43.9 Å². The van der Waals surface area contributed by atoms with E-state index in [1.807, 2.05) is 0 Å². The van der Waals surface area contributed by atoms with E-state index < -0.39 is 16.0 Å². The second-order valence-corrected chi connectivity index (χ2v) is 9.20. The highest BCUT2D eigenvalue weighted by atomic mass is 32.2. The van der Waals surface area contributed by atoms with Gasteiger partial charge in [0.2, 0.25) is 0 Å². The maximum Gasteiger partial charge on any atom is 0.354 e. The molecule has 1 N–H and O–H groups in total. The maximum atomic E-state index is 13.0. The van der Waals surface area contributed by atoms with Gasteiger partial charge in [0.25, 0.3) is 10.0 Å². The summed E-state index contributed by atoms with van der Waals surface area (Å²) in [5.74, 6) is -0.0487. The van der Waals surface area contributed by atoms with Crippen LogP contribution < -0.4 is 9.04 Å². The van der Waals surface area contributed by atoms with Crippen LogP contribution in [0.1, 0.15) is 17.4 Å². The van der Waals surface area contributed by atoms with Crippen molar-refractivity contribution in [2.24, 2.45) is 0 Å². The van der Waals surface area contributed by atoms with Crippen LogP contribution in [0.5, 0.6) is 5.75 Å². The van der Waals surface area contributed by atoms with E-state index in [4.69, 9.17) is 14.2 Å². The third kappa shape index (κ3) is 4.39. The van der Waals surface area contributed by atoms with Crippen molar-refractivity contribution in [2.75, 3.05) is 38.3 Å². The zero-order valence-corrected chi connectivity index (χ0v) is 17.9. The van der Waals surface area contributed by atoms with Crippen molar-refractivity contribution in [3.63, 3.8) is 0 Å². The first kappa shape index (κ1) is 21.2. The lowest BCUT2D eigenvalue weighted by atomic mass is 10.2.